The van der Waals surface area contributed by atoms with Crippen LogP contribution in [0.25, 0.3) is 0 Å². The first kappa shape index (κ1) is 18.3. The van der Waals surface area contributed by atoms with Gasteiger partial charge in [-0.2, -0.15) is 5.10 Å². The lowest BCUT2D eigenvalue weighted by molar-refractivity contribution is -0.141. The molecule has 1 fully saturated rings. The minimum Gasteiger partial charge on any atom is -0.465 e. The van der Waals surface area contributed by atoms with Crippen LogP contribution >= 0.6 is 0 Å². The Bertz CT molecular complexity index is 845. The second-order valence-corrected chi connectivity index (χ2v) is 7.48. The van der Waals surface area contributed by atoms with Crippen LogP contribution in [0.3, 0.4) is 0 Å². The van der Waals surface area contributed by atoms with E-state index in [-0.39, 0.29) is 36.8 Å². The molecule has 26 heavy (non-hydrogen) atoms. The molecule has 0 unspecified atom stereocenters. The van der Waals surface area contributed by atoms with E-state index in [1.54, 1.807) is 19.1 Å². The molecule has 0 aromatic heterocycles. The summed E-state index contributed by atoms with van der Waals surface area (Å²) in [5.74, 6) is -1.26. The van der Waals surface area contributed by atoms with E-state index in [0.29, 0.717) is 13.2 Å². The number of morpholine rings is 1. The number of amides is 1. The van der Waals surface area contributed by atoms with Gasteiger partial charge in [0.05, 0.1) is 30.4 Å². The van der Waals surface area contributed by atoms with E-state index in [0.717, 1.165) is 0 Å². The van der Waals surface area contributed by atoms with Crippen LogP contribution in [-0.4, -0.2) is 69.7 Å². The highest BCUT2D eigenvalue weighted by Gasteiger charge is 2.40. The molecule has 1 saturated heterocycles. The Morgan fingerprint density at radius 2 is 1.92 bits per heavy atom. The van der Waals surface area contributed by atoms with Crippen molar-refractivity contribution in [3.8, 4) is 0 Å². The second-order valence-electron chi connectivity index (χ2n) is 5.64. The second kappa shape index (κ2) is 7.42. The van der Waals surface area contributed by atoms with Gasteiger partial charge in [0.25, 0.3) is 5.91 Å². The molecule has 140 valence electrons. The van der Waals surface area contributed by atoms with Gasteiger partial charge < -0.3 is 14.4 Å². The molecule has 2 heterocycles. The van der Waals surface area contributed by atoms with E-state index in [4.69, 9.17) is 9.47 Å². The first-order valence-corrected chi connectivity index (χ1v) is 9.66. The van der Waals surface area contributed by atoms with Crippen LogP contribution in [0.15, 0.2) is 34.3 Å². The van der Waals surface area contributed by atoms with Crippen LogP contribution in [0, 0.1) is 0 Å². The number of fused-ring (bicyclic) bond motifs is 1. The van der Waals surface area contributed by atoms with Gasteiger partial charge >= 0.3 is 5.97 Å². The molecule has 3 rings (SSSR count). The number of carbonyl (C=O) groups is 2. The summed E-state index contributed by atoms with van der Waals surface area (Å²) in [4.78, 5) is 25.9. The van der Waals surface area contributed by atoms with Crippen LogP contribution in [0.5, 0.6) is 0 Å². The molecule has 0 spiro atoms. The molecule has 1 aromatic carbocycles. The summed E-state index contributed by atoms with van der Waals surface area (Å²) in [6, 6.07) is 6.12. The van der Waals surface area contributed by atoms with Crippen molar-refractivity contribution in [2.24, 2.45) is 5.10 Å². The van der Waals surface area contributed by atoms with Gasteiger partial charge in [0.1, 0.15) is 6.54 Å². The first-order valence-electron chi connectivity index (χ1n) is 8.18. The quantitative estimate of drug-likeness (QED) is 0.677. The maximum atomic E-state index is 12.9. The number of hydrogen-bond donors (Lipinski definition) is 0. The minimum atomic E-state index is -4.09. The van der Waals surface area contributed by atoms with Gasteiger partial charge in [0.2, 0.25) is 14.9 Å². The van der Waals surface area contributed by atoms with Crippen molar-refractivity contribution in [3.05, 3.63) is 24.3 Å². The van der Waals surface area contributed by atoms with Crippen molar-refractivity contribution in [2.75, 3.05) is 44.5 Å². The molecule has 0 N–H and O–H groups in total. The lowest BCUT2D eigenvalue weighted by Gasteiger charge is -2.30. The van der Waals surface area contributed by atoms with Gasteiger partial charge in [-0.05, 0) is 19.1 Å². The summed E-state index contributed by atoms with van der Waals surface area (Å²) in [6.07, 6.45) is 0. The fourth-order valence-electron chi connectivity index (χ4n) is 2.73. The van der Waals surface area contributed by atoms with E-state index in [2.05, 4.69) is 5.10 Å². The highest BCUT2D eigenvalue weighted by molar-refractivity contribution is 8.08. The van der Waals surface area contributed by atoms with Gasteiger partial charge in [0.15, 0.2) is 0 Å². The molecule has 10 heteroatoms. The molecular formula is C16H19N3O6S. The molecule has 0 aliphatic carbocycles. The number of nitrogens with zero attached hydrogens (tertiary/aromatic N) is 3. The summed E-state index contributed by atoms with van der Waals surface area (Å²) in [6.45, 7) is 2.81. The standard InChI is InChI=1S/C16H19N3O6S/c1-2-25-14(20)11-19-12-5-3-4-6-13(12)26(22,23)15(17-19)16(21)18-7-9-24-10-8-18/h3-6H,2,7-11H2,1H3. The Morgan fingerprint density at radius 1 is 1.23 bits per heavy atom. The molecule has 0 bridgehead atoms. The minimum absolute atomic E-state index is 0.0593. The maximum absolute atomic E-state index is 12.9. The largest absolute Gasteiger partial charge is 0.465 e. The van der Waals surface area contributed by atoms with E-state index < -0.39 is 26.8 Å². The van der Waals surface area contributed by atoms with Crippen LogP contribution in [0.1, 0.15) is 6.92 Å². The lowest BCUT2D eigenvalue weighted by Crippen LogP contribution is -2.48. The highest BCUT2D eigenvalue weighted by atomic mass is 32.2. The van der Waals surface area contributed by atoms with Crippen molar-refractivity contribution in [1.29, 1.82) is 0 Å². The third kappa shape index (κ3) is 3.42. The third-order valence-electron chi connectivity index (χ3n) is 3.96. The van der Waals surface area contributed by atoms with Crippen molar-refractivity contribution >= 4 is 32.4 Å². The Labute approximate surface area is 151 Å². The SMILES string of the molecule is CCOC(=O)CN1N=C(C(=O)N2CCOCC2)S(=O)(=O)c2ccccc21. The van der Waals surface area contributed by atoms with E-state index in [1.807, 2.05) is 0 Å². The maximum Gasteiger partial charge on any atom is 0.327 e. The fraction of sp³-hybridized carbons (Fsp3) is 0.438. The Hall–Kier alpha value is -2.46. The Kier molecular flexibility index (Phi) is 5.23. The van der Waals surface area contributed by atoms with Crippen LogP contribution in [0.2, 0.25) is 0 Å². The smallest absolute Gasteiger partial charge is 0.327 e. The topological polar surface area (TPSA) is 106 Å². The van der Waals surface area contributed by atoms with Crippen LogP contribution < -0.4 is 5.01 Å². The Morgan fingerprint density at radius 3 is 2.62 bits per heavy atom. The van der Waals surface area contributed by atoms with Gasteiger partial charge in [-0.15, -0.1) is 0 Å². The summed E-state index contributed by atoms with van der Waals surface area (Å²) < 4.78 is 35.9. The number of anilines is 1. The Balaban J connectivity index is 2.00. The predicted molar refractivity (Wildman–Crippen MR) is 92.4 cm³/mol. The number of esters is 1. The van der Waals surface area contributed by atoms with Crippen molar-refractivity contribution < 1.29 is 27.5 Å². The number of hydrogen-bond acceptors (Lipinski definition) is 8. The van der Waals surface area contributed by atoms with Crippen molar-refractivity contribution in [2.45, 2.75) is 11.8 Å². The summed E-state index contributed by atoms with van der Waals surface area (Å²) >= 11 is 0. The number of ether oxygens (including phenoxy) is 2. The molecule has 0 radical (unpaired) electrons. The number of sulfone groups is 1. The van der Waals surface area contributed by atoms with Crippen molar-refractivity contribution in [3.63, 3.8) is 0 Å². The van der Waals surface area contributed by atoms with Gasteiger partial charge in [-0.1, -0.05) is 12.1 Å². The predicted octanol–water partition coefficient (Wildman–Crippen LogP) is 0.0157. The van der Waals surface area contributed by atoms with Crippen LogP contribution in [0.4, 0.5) is 5.69 Å². The zero-order valence-corrected chi connectivity index (χ0v) is 15.1. The summed E-state index contributed by atoms with van der Waals surface area (Å²) in [7, 11) is -4.09. The molecule has 1 amide bonds. The summed E-state index contributed by atoms with van der Waals surface area (Å²) in [5, 5.41) is 4.60. The molecule has 0 atom stereocenters. The molecule has 2 aliphatic heterocycles. The molecule has 2 aliphatic rings. The van der Waals surface area contributed by atoms with Crippen LogP contribution in [-0.2, 0) is 28.9 Å². The van der Waals surface area contributed by atoms with E-state index in [1.165, 1.54) is 22.0 Å². The molecular weight excluding hydrogens is 362 g/mol. The fourth-order valence-corrected chi connectivity index (χ4v) is 4.21. The van der Waals surface area contributed by atoms with Crippen molar-refractivity contribution in [1.82, 2.24) is 4.90 Å². The number of carbonyl (C=O) groups excluding carboxylic acids is 2. The molecule has 9 nitrogen and oxygen atoms in total. The first-order chi connectivity index (χ1) is 12.4. The van der Waals surface area contributed by atoms with Gasteiger partial charge in [0, 0.05) is 13.1 Å². The highest BCUT2D eigenvalue weighted by Crippen LogP contribution is 2.31. The number of para-hydroxylation sites is 1. The zero-order chi connectivity index (χ0) is 18.7. The lowest BCUT2D eigenvalue weighted by atomic mass is 10.3. The van der Waals surface area contributed by atoms with Gasteiger partial charge in [-0.3, -0.25) is 14.6 Å². The number of hydrazone groups is 1. The average molecular weight is 381 g/mol. The van der Waals surface area contributed by atoms with E-state index in [9.17, 15) is 18.0 Å². The number of benzene rings is 1. The molecule has 1 aromatic rings. The number of rotatable bonds is 4. The monoisotopic (exact) mass is 381 g/mol. The summed E-state index contributed by atoms with van der Waals surface area (Å²) in [5.41, 5.74) is 0.235. The third-order valence-corrected chi connectivity index (χ3v) is 5.65. The van der Waals surface area contributed by atoms with Gasteiger partial charge in [-0.25, -0.2) is 8.42 Å². The van der Waals surface area contributed by atoms with E-state index >= 15 is 0 Å². The zero-order valence-electron chi connectivity index (χ0n) is 14.3. The average Bonchev–Trinajstić information content (AvgIpc) is 2.64. The molecule has 0 saturated carbocycles. The normalized spacial score (nSPS) is 18.7.